The van der Waals surface area contributed by atoms with Crippen LogP contribution in [0, 0.1) is 11.7 Å². The molecule has 1 unspecified atom stereocenters. The normalized spacial score (nSPS) is 23.1. The molecule has 1 saturated heterocycles. The zero-order chi connectivity index (χ0) is 26.4. The number of nitrogens with zero attached hydrogens (tertiary/aromatic N) is 1. The Labute approximate surface area is 225 Å². The standard InChI is InChI=1S/C29H33FN2O3S2/c1-28(2,3)20-14-21-24(37-27(31)32-21)15-23(20)36-25-22(33)16-29(35-26(25)34,18-8-4-5-9-18)12-11-17-7-6-10-19(30)13-17/h6-7,10,13-15,18,25H,4-5,8-9,11-12,16H2,1-3H3,(H2,31,32)/t25?,29-/m0/s1. The van der Waals surface area contributed by atoms with Gasteiger partial charge in [0, 0.05) is 11.3 Å². The summed E-state index contributed by atoms with van der Waals surface area (Å²) in [6.45, 7) is 6.31. The van der Waals surface area contributed by atoms with Crippen LogP contribution in [0.5, 0.6) is 0 Å². The van der Waals surface area contributed by atoms with E-state index >= 15 is 0 Å². The molecule has 2 N–H and O–H groups in total. The predicted molar refractivity (Wildman–Crippen MR) is 148 cm³/mol. The summed E-state index contributed by atoms with van der Waals surface area (Å²) >= 11 is 2.68. The van der Waals surface area contributed by atoms with Gasteiger partial charge < -0.3 is 10.5 Å². The number of thiazole rings is 1. The number of anilines is 1. The van der Waals surface area contributed by atoms with Crippen LogP contribution < -0.4 is 5.73 Å². The molecule has 1 saturated carbocycles. The lowest BCUT2D eigenvalue weighted by Gasteiger charge is -2.43. The average molecular weight is 541 g/mol. The fraction of sp³-hybridized carbons (Fsp3) is 0.483. The van der Waals surface area contributed by atoms with Gasteiger partial charge in [-0.3, -0.25) is 9.59 Å². The first-order valence-corrected chi connectivity index (χ1v) is 14.6. The molecule has 0 radical (unpaired) electrons. The van der Waals surface area contributed by atoms with Crippen molar-refractivity contribution in [2.24, 2.45) is 5.92 Å². The Morgan fingerprint density at radius 2 is 1.95 bits per heavy atom. The Bertz CT molecular complexity index is 1320. The lowest BCUT2D eigenvalue weighted by molar-refractivity contribution is -0.177. The first kappa shape index (κ1) is 26.2. The number of ketones is 1. The molecular weight excluding hydrogens is 507 g/mol. The number of carbonyl (C=O) groups is 2. The maximum absolute atomic E-state index is 13.8. The van der Waals surface area contributed by atoms with Crippen LogP contribution in [0.3, 0.4) is 0 Å². The van der Waals surface area contributed by atoms with Gasteiger partial charge in [-0.25, -0.2) is 9.37 Å². The zero-order valence-corrected chi connectivity index (χ0v) is 23.1. The number of rotatable bonds is 6. The summed E-state index contributed by atoms with van der Waals surface area (Å²) in [5.41, 5.74) is 7.61. The number of aryl methyl sites for hydroxylation is 1. The van der Waals surface area contributed by atoms with Crippen molar-refractivity contribution in [3.8, 4) is 0 Å². The van der Waals surface area contributed by atoms with Crippen LogP contribution >= 0.6 is 23.1 Å². The SMILES string of the molecule is CC(C)(C)c1cc2nc(N)sc2cc1SC1C(=O)C[C@@](CCc2cccc(F)c2)(C2CCCC2)OC1=O. The quantitative estimate of drug-likeness (QED) is 0.272. The van der Waals surface area contributed by atoms with Crippen molar-refractivity contribution in [1.29, 1.82) is 0 Å². The number of hydrogen-bond donors (Lipinski definition) is 1. The van der Waals surface area contributed by atoms with E-state index in [0.717, 1.165) is 51.9 Å². The van der Waals surface area contributed by atoms with Crippen LogP contribution in [0.25, 0.3) is 10.2 Å². The topological polar surface area (TPSA) is 82.3 Å². The van der Waals surface area contributed by atoms with Crippen molar-refractivity contribution in [1.82, 2.24) is 4.98 Å². The monoisotopic (exact) mass is 540 g/mol. The summed E-state index contributed by atoms with van der Waals surface area (Å²) < 4.78 is 21.0. The summed E-state index contributed by atoms with van der Waals surface area (Å²) in [6.07, 6.45) is 5.32. The highest BCUT2D eigenvalue weighted by atomic mass is 32.2. The van der Waals surface area contributed by atoms with Gasteiger partial charge in [-0.05, 0) is 72.4 Å². The number of Topliss-reactive ketones (excluding diaryl/α,β-unsaturated/α-hetero) is 1. The van der Waals surface area contributed by atoms with E-state index in [1.165, 1.54) is 35.2 Å². The highest BCUT2D eigenvalue weighted by Gasteiger charge is 2.52. The van der Waals surface area contributed by atoms with Crippen LogP contribution in [0.15, 0.2) is 41.3 Å². The molecule has 3 aromatic rings. The number of halogens is 1. The third-order valence-corrected chi connectivity index (χ3v) is 9.80. The number of esters is 1. The smallest absolute Gasteiger partial charge is 0.327 e. The molecule has 2 atom stereocenters. The Morgan fingerprint density at radius 3 is 2.62 bits per heavy atom. The second-order valence-electron chi connectivity index (χ2n) is 11.4. The van der Waals surface area contributed by atoms with Gasteiger partial charge in [0.05, 0.1) is 10.2 Å². The number of aromatic nitrogens is 1. The maximum atomic E-state index is 13.8. The molecule has 8 heteroatoms. The number of hydrogen-bond acceptors (Lipinski definition) is 7. The largest absolute Gasteiger partial charge is 0.457 e. The molecule has 0 amide bonds. The number of carbonyl (C=O) groups excluding carboxylic acids is 2. The fourth-order valence-electron chi connectivity index (χ4n) is 5.78. The van der Waals surface area contributed by atoms with E-state index in [1.54, 1.807) is 6.07 Å². The van der Waals surface area contributed by atoms with Crippen molar-refractivity contribution in [3.05, 3.63) is 53.3 Å². The Hall–Kier alpha value is -2.45. The highest BCUT2D eigenvalue weighted by molar-refractivity contribution is 8.01. The van der Waals surface area contributed by atoms with E-state index in [1.807, 2.05) is 18.2 Å². The second-order valence-corrected chi connectivity index (χ2v) is 13.6. The van der Waals surface area contributed by atoms with Gasteiger partial charge in [0.15, 0.2) is 16.2 Å². The molecule has 2 aromatic carbocycles. The molecule has 2 heterocycles. The molecule has 0 bridgehead atoms. The van der Waals surface area contributed by atoms with Crippen molar-refractivity contribution in [2.45, 2.75) is 86.9 Å². The van der Waals surface area contributed by atoms with Gasteiger partial charge in [-0.2, -0.15) is 0 Å². The number of ether oxygens (including phenoxy) is 1. The maximum Gasteiger partial charge on any atom is 0.327 e. The molecule has 1 aliphatic carbocycles. The molecule has 5 rings (SSSR count). The highest BCUT2D eigenvalue weighted by Crippen LogP contribution is 2.47. The minimum absolute atomic E-state index is 0.0869. The number of cyclic esters (lactones) is 1. The van der Waals surface area contributed by atoms with Crippen LogP contribution in [0.4, 0.5) is 9.52 Å². The molecule has 37 heavy (non-hydrogen) atoms. The number of nitrogens with two attached hydrogens (primary N) is 1. The van der Waals surface area contributed by atoms with Gasteiger partial charge >= 0.3 is 5.97 Å². The lowest BCUT2D eigenvalue weighted by atomic mass is 9.76. The van der Waals surface area contributed by atoms with Gasteiger partial charge in [-0.15, -0.1) is 11.8 Å². The predicted octanol–water partition coefficient (Wildman–Crippen LogP) is 6.85. The number of thioether (sulfide) groups is 1. The van der Waals surface area contributed by atoms with Crippen molar-refractivity contribution in [3.63, 3.8) is 0 Å². The summed E-state index contributed by atoms with van der Waals surface area (Å²) in [4.78, 5) is 32.5. The minimum atomic E-state index is -0.910. The number of benzene rings is 2. The molecule has 2 fully saturated rings. The van der Waals surface area contributed by atoms with E-state index in [9.17, 15) is 14.0 Å². The molecule has 196 valence electrons. The van der Waals surface area contributed by atoms with Crippen LogP contribution in [0.2, 0.25) is 0 Å². The van der Waals surface area contributed by atoms with Crippen LogP contribution in [0.1, 0.15) is 70.4 Å². The van der Waals surface area contributed by atoms with Crippen molar-refractivity contribution >= 4 is 50.2 Å². The molecule has 2 aliphatic rings. The van der Waals surface area contributed by atoms with Crippen molar-refractivity contribution in [2.75, 3.05) is 5.73 Å². The number of fused-ring (bicyclic) bond motifs is 1. The molecule has 1 aliphatic heterocycles. The van der Waals surface area contributed by atoms with Gasteiger partial charge in [-0.1, -0.05) is 57.1 Å². The van der Waals surface area contributed by atoms with Gasteiger partial charge in [0.1, 0.15) is 11.4 Å². The van der Waals surface area contributed by atoms with E-state index in [0.29, 0.717) is 18.0 Å². The summed E-state index contributed by atoms with van der Waals surface area (Å²) in [5, 5.41) is -0.419. The van der Waals surface area contributed by atoms with Gasteiger partial charge in [0.25, 0.3) is 0 Å². The summed E-state index contributed by atoms with van der Waals surface area (Å²) in [7, 11) is 0. The fourth-order valence-corrected chi connectivity index (χ4v) is 7.90. The van der Waals surface area contributed by atoms with Crippen LogP contribution in [-0.4, -0.2) is 27.6 Å². The summed E-state index contributed by atoms with van der Waals surface area (Å²) in [6, 6.07) is 10.5. The van der Waals surface area contributed by atoms with Crippen molar-refractivity contribution < 1.29 is 18.7 Å². The molecule has 5 nitrogen and oxygen atoms in total. The zero-order valence-electron chi connectivity index (χ0n) is 21.5. The molecular formula is C29H33FN2O3S2. The van der Waals surface area contributed by atoms with E-state index in [2.05, 4.69) is 25.8 Å². The molecule has 1 aromatic heterocycles. The molecule has 0 spiro atoms. The Morgan fingerprint density at radius 1 is 1.19 bits per heavy atom. The average Bonchev–Trinajstić information content (AvgIpc) is 3.48. The minimum Gasteiger partial charge on any atom is -0.457 e. The summed E-state index contributed by atoms with van der Waals surface area (Å²) in [5.74, 6) is -0.677. The van der Waals surface area contributed by atoms with E-state index < -0.39 is 16.8 Å². The Kier molecular flexibility index (Phi) is 7.09. The second kappa shape index (κ2) is 10.0. The van der Waals surface area contributed by atoms with E-state index in [4.69, 9.17) is 10.5 Å². The third-order valence-electron chi connectivity index (χ3n) is 7.67. The van der Waals surface area contributed by atoms with Gasteiger partial charge in [0.2, 0.25) is 0 Å². The van der Waals surface area contributed by atoms with E-state index in [-0.39, 0.29) is 29.4 Å². The Balaban J connectivity index is 1.42. The first-order valence-electron chi connectivity index (χ1n) is 12.9. The lowest BCUT2D eigenvalue weighted by Crippen LogP contribution is -2.53. The van der Waals surface area contributed by atoms with Crippen LogP contribution in [-0.2, 0) is 26.2 Å². The number of nitrogen functional groups attached to an aromatic ring is 1. The first-order chi connectivity index (χ1) is 17.5. The third kappa shape index (κ3) is 5.41.